The van der Waals surface area contributed by atoms with Gasteiger partial charge in [0.1, 0.15) is 0 Å². The second kappa shape index (κ2) is 3.13. The molecular formula is C9H11BrFN. The Labute approximate surface area is 80.1 Å². The Balaban J connectivity index is 3.23. The van der Waals surface area contributed by atoms with Crippen molar-refractivity contribution in [2.24, 2.45) is 0 Å². The summed E-state index contributed by atoms with van der Waals surface area (Å²) in [5.41, 5.74) is 0.442. The van der Waals surface area contributed by atoms with Crippen LogP contribution in [0.5, 0.6) is 0 Å². The van der Waals surface area contributed by atoms with Gasteiger partial charge in [0, 0.05) is 16.2 Å². The topological polar surface area (TPSA) is 12.9 Å². The molecule has 0 spiro atoms. The molecule has 0 bridgehead atoms. The third kappa shape index (κ3) is 2.03. The highest BCUT2D eigenvalue weighted by molar-refractivity contribution is 9.10. The van der Waals surface area contributed by atoms with Gasteiger partial charge in [-0.3, -0.25) is 0 Å². The standard InChI is InChI=1S/C9H11BrFN/c1-9(2,3)7-4-6(10)5-12-8(7)11/h4-5H,1-3H3. The van der Waals surface area contributed by atoms with Gasteiger partial charge in [-0.05, 0) is 27.4 Å². The molecule has 0 saturated carbocycles. The van der Waals surface area contributed by atoms with E-state index < -0.39 is 0 Å². The van der Waals surface area contributed by atoms with E-state index in [4.69, 9.17) is 0 Å². The molecule has 1 aromatic heterocycles. The van der Waals surface area contributed by atoms with Crippen molar-refractivity contribution >= 4 is 15.9 Å². The molecule has 0 fully saturated rings. The molecule has 0 radical (unpaired) electrons. The van der Waals surface area contributed by atoms with Crippen LogP contribution in [0, 0.1) is 5.95 Å². The van der Waals surface area contributed by atoms with E-state index in [1.165, 1.54) is 6.20 Å². The summed E-state index contributed by atoms with van der Waals surface area (Å²) < 4.78 is 13.9. The Morgan fingerprint density at radius 1 is 1.42 bits per heavy atom. The summed E-state index contributed by atoms with van der Waals surface area (Å²) in [5.74, 6) is -0.384. The Morgan fingerprint density at radius 3 is 2.42 bits per heavy atom. The number of halogens is 2. The van der Waals surface area contributed by atoms with Crippen molar-refractivity contribution in [3.8, 4) is 0 Å². The molecular weight excluding hydrogens is 221 g/mol. The van der Waals surface area contributed by atoms with Crippen molar-refractivity contribution in [2.75, 3.05) is 0 Å². The first-order valence-electron chi connectivity index (χ1n) is 3.73. The Kier molecular flexibility index (Phi) is 2.52. The molecule has 0 aromatic carbocycles. The molecule has 1 heterocycles. The van der Waals surface area contributed by atoms with E-state index in [9.17, 15) is 4.39 Å². The van der Waals surface area contributed by atoms with Gasteiger partial charge in [0.15, 0.2) is 0 Å². The van der Waals surface area contributed by atoms with Crippen LogP contribution in [-0.2, 0) is 5.41 Å². The first-order valence-corrected chi connectivity index (χ1v) is 4.52. The summed E-state index contributed by atoms with van der Waals surface area (Å²) in [7, 11) is 0. The second-order valence-corrected chi connectivity index (χ2v) is 4.66. The van der Waals surface area contributed by atoms with Gasteiger partial charge in [-0.15, -0.1) is 0 Å². The molecule has 3 heteroatoms. The fourth-order valence-electron chi connectivity index (χ4n) is 0.949. The quantitative estimate of drug-likeness (QED) is 0.625. The maximum Gasteiger partial charge on any atom is 0.216 e. The number of pyridine rings is 1. The van der Waals surface area contributed by atoms with Gasteiger partial charge in [-0.2, -0.15) is 4.39 Å². The zero-order chi connectivity index (χ0) is 9.35. The zero-order valence-corrected chi connectivity index (χ0v) is 8.94. The van der Waals surface area contributed by atoms with Crippen molar-refractivity contribution in [3.63, 3.8) is 0 Å². The maximum atomic E-state index is 13.1. The van der Waals surface area contributed by atoms with E-state index >= 15 is 0 Å². The fraction of sp³-hybridized carbons (Fsp3) is 0.444. The van der Waals surface area contributed by atoms with Gasteiger partial charge in [0.05, 0.1) is 0 Å². The van der Waals surface area contributed by atoms with Crippen LogP contribution in [0.2, 0.25) is 0 Å². The van der Waals surface area contributed by atoms with Crippen LogP contribution in [0.1, 0.15) is 26.3 Å². The van der Waals surface area contributed by atoms with Gasteiger partial charge in [0.25, 0.3) is 0 Å². The average Bonchev–Trinajstić information content (AvgIpc) is 1.92. The van der Waals surface area contributed by atoms with E-state index in [0.29, 0.717) is 5.56 Å². The summed E-state index contributed by atoms with van der Waals surface area (Å²) in [4.78, 5) is 3.63. The SMILES string of the molecule is CC(C)(C)c1cc(Br)cnc1F. The second-order valence-electron chi connectivity index (χ2n) is 3.74. The van der Waals surface area contributed by atoms with E-state index in [2.05, 4.69) is 20.9 Å². The van der Waals surface area contributed by atoms with Gasteiger partial charge < -0.3 is 0 Å². The molecule has 1 nitrogen and oxygen atoms in total. The Hall–Kier alpha value is -0.440. The molecule has 0 atom stereocenters. The monoisotopic (exact) mass is 231 g/mol. The average molecular weight is 232 g/mol. The molecule has 0 unspecified atom stereocenters. The first kappa shape index (κ1) is 9.65. The van der Waals surface area contributed by atoms with Crippen LogP contribution < -0.4 is 0 Å². The van der Waals surface area contributed by atoms with Crippen molar-refractivity contribution in [2.45, 2.75) is 26.2 Å². The number of rotatable bonds is 0. The summed E-state index contributed by atoms with van der Waals surface area (Å²) >= 11 is 3.26. The first-order chi connectivity index (χ1) is 5.41. The molecule has 0 N–H and O–H groups in total. The molecule has 0 saturated heterocycles. The van der Waals surface area contributed by atoms with Crippen molar-refractivity contribution in [1.82, 2.24) is 4.98 Å². The predicted octanol–water partition coefficient (Wildman–Crippen LogP) is 3.28. The number of hydrogen-bond donors (Lipinski definition) is 0. The third-order valence-electron chi connectivity index (χ3n) is 1.61. The molecule has 0 aliphatic heterocycles. The van der Waals surface area contributed by atoms with Crippen LogP contribution in [0.25, 0.3) is 0 Å². The van der Waals surface area contributed by atoms with Gasteiger partial charge in [-0.1, -0.05) is 20.8 Å². The number of hydrogen-bond acceptors (Lipinski definition) is 1. The van der Waals surface area contributed by atoms with E-state index in [-0.39, 0.29) is 11.4 Å². The van der Waals surface area contributed by atoms with Crippen LogP contribution in [0.4, 0.5) is 4.39 Å². The fourth-order valence-corrected chi connectivity index (χ4v) is 1.28. The summed E-state index contributed by atoms with van der Waals surface area (Å²) in [6.07, 6.45) is 1.46. The highest BCUT2D eigenvalue weighted by atomic mass is 79.9. The minimum atomic E-state index is -0.384. The Morgan fingerprint density at radius 2 is 2.00 bits per heavy atom. The molecule has 12 heavy (non-hydrogen) atoms. The van der Waals surface area contributed by atoms with Crippen molar-refractivity contribution < 1.29 is 4.39 Å². The minimum absolute atomic E-state index is 0.194. The lowest BCUT2D eigenvalue weighted by atomic mass is 9.88. The predicted molar refractivity (Wildman–Crippen MR) is 50.6 cm³/mol. The molecule has 0 aliphatic rings. The highest BCUT2D eigenvalue weighted by Gasteiger charge is 2.19. The van der Waals surface area contributed by atoms with E-state index in [0.717, 1.165) is 4.47 Å². The normalized spacial score (nSPS) is 11.8. The third-order valence-corrected chi connectivity index (χ3v) is 2.05. The lowest BCUT2D eigenvalue weighted by Crippen LogP contribution is -2.14. The van der Waals surface area contributed by atoms with Crippen LogP contribution >= 0.6 is 15.9 Å². The molecule has 1 rings (SSSR count). The van der Waals surface area contributed by atoms with Gasteiger partial charge in [-0.25, -0.2) is 4.98 Å². The summed E-state index contributed by atoms with van der Waals surface area (Å²) in [5, 5.41) is 0. The zero-order valence-electron chi connectivity index (χ0n) is 7.36. The van der Waals surface area contributed by atoms with Gasteiger partial charge >= 0.3 is 0 Å². The van der Waals surface area contributed by atoms with E-state index in [1.807, 2.05) is 20.8 Å². The summed E-state index contributed by atoms with van der Waals surface area (Å²) in [6.45, 7) is 5.87. The van der Waals surface area contributed by atoms with Crippen LogP contribution in [-0.4, -0.2) is 4.98 Å². The largest absolute Gasteiger partial charge is 0.227 e. The minimum Gasteiger partial charge on any atom is -0.227 e. The van der Waals surface area contributed by atoms with E-state index in [1.54, 1.807) is 6.07 Å². The maximum absolute atomic E-state index is 13.1. The molecule has 66 valence electrons. The molecule has 0 aliphatic carbocycles. The highest BCUT2D eigenvalue weighted by Crippen LogP contribution is 2.26. The van der Waals surface area contributed by atoms with Crippen molar-refractivity contribution in [3.05, 3.63) is 28.2 Å². The van der Waals surface area contributed by atoms with Crippen LogP contribution in [0.15, 0.2) is 16.7 Å². The van der Waals surface area contributed by atoms with Gasteiger partial charge in [0.2, 0.25) is 5.95 Å². The smallest absolute Gasteiger partial charge is 0.216 e. The van der Waals surface area contributed by atoms with Crippen molar-refractivity contribution in [1.29, 1.82) is 0 Å². The lowest BCUT2D eigenvalue weighted by Gasteiger charge is -2.18. The molecule has 1 aromatic rings. The number of nitrogens with zero attached hydrogens (tertiary/aromatic N) is 1. The lowest BCUT2D eigenvalue weighted by molar-refractivity contribution is 0.498. The van der Waals surface area contributed by atoms with Crippen LogP contribution in [0.3, 0.4) is 0 Å². The molecule has 0 amide bonds. The number of aromatic nitrogens is 1. The summed E-state index contributed by atoms with van der Waals surface area (Å²) in [6, 6.07) is 1.77. The Bertz CT molecular complexity index is 291.